The second-order valence-electron chi connectivity index (χ2n) is 6.23. The van der Waals surface area contributed by atoms with E-state index >= 15 is 0 Å². The van der Waals surface area contributed by atoms with Gasteiger partial charge in [-0.2, -0.15) is 18.3 Å². The van der Waals surface area contributed by atoms with E-state index in [4.69, 9.17) is 11.6 Å². The quantitative estimate of drug-likeness (QED) is 0.719. The maximum Gasteiger partial charge on any atom is 0.433 e. The van der Waals surface area contributed by atoms with E-state index in [0.717, 1.165) is 16.9 Å². The van der Waals surface area contributed by atoms with E-state index in [2.05, 4.69) is 10.4 Å². The van der Waals surface area contributed by atoms with Crippen LogP contribution in [0, 0.1) is 5.82 Å². The highest BCUT2D eigenvalue weighted by Gasteiger charge is 2.38. The van der Waals surface area contributed by atoms with E-state index in [1.165, 1.54) is 12.1 Å². The Kier molecular flexibility index (Phi) is 6.83. The molecule has 0 saturated carbocycles. The number of hydrogen-bond donors (Lipinski definition) is 1. The van der Waals surface area contributed by atoms with Gasteiger partial charge in [-0.05, 0) is 31.8 Å². The maximum absolute atomic E-state index is 13.4. The Labute approximate surface area is 158 Å². The van der Waals surface area contributed by atoms with E-state index in [0.29, 0.717) is 12.1 Å². The number of alkyl halides is 3. The van der Waals surface area contributed by atoms with Crippen molar-refractivity contribution in [1.82, 2.24) is 20.0 Å². The maximum atomic E-state index is 13.4. The van der Waals surface area contributed by atoms with Crippen LogP contribution in [0.15, 0.2) is 24.4 Å². The monoisotopic (exact) mass is 406 g/mol. The number of hydrogen-bond acceptors (Lipinski definition) is 3. The van der Waals surface area contributed by atoms with Crippen LogP contribution in [0.25, 0.3) is 0 Å². The molecular weight excluding hydrogens is 388 g/mol. The van der Waals surface area contributed by atoms with Gasteiger partial charge in [0.1, 0.15) is 11.5 Å². The first-order valence-electron chi connectivity index (χ1n) is 8.05. The summed E-state index contributed by atoms with van der Waals surface area (Å²) in [5.41, 5.74) is -0.674. The summed E-state index contributed by atoms with van der Waals surface area (Å²) >= 11 is 5.86. The van der Waals surface area contributed by atoms with Crippen molar-refractivity contribution in [3.8, 4) is 0 Å². The second kappa shape index (κ2) is 8.71. The number of carbonyl (C=O) groups excluding carboxylic acids is 1. The van der Waals surface area contributed by atoms with Crippen LogP contribution in [0.5, 0.6) is 0 Å². The Morgan fingerprint density at radius 1 is 1.30 bits per heavy atom. The summed E-state index contributed by atoms with van der Waals surface area (Å²) in [5, 5.41) is 6.39. The Bertz CT molecular complexity index is 805. The summed E-state index contributed by atoms with van der Waals surface area (Å²) in [6, 6.07) is 3.68. The highest BCUT2D eigenvalue weighted by atomic mass is 35.5. The molecule has 0 aliphatic heterocycles. The predicted molar refractivity (Wildman–Crippen MR) is 92.7 cm³/mol. The van der Waals surface area contributed by atoms with Gasteiger partial charge in [0, 0.05) is 23.7 Å². The third-order valence-electron chi connectivity index (χ3n) is 3.78. The number of likely N-dealkylation sites (N-methyl/N-ethyl adjacent to an activating group) is 1. The van der Waals surface area contributed by atoms with Gasteiger partial charge >= 0.3 is 6.18 Å². The molecule has 2 rings (SSSR count). The van der Waals surface area contributed by atoms with E-state index in [1.807, 2.05) is 0 Å². The van der Waals surface area contributed by atoms with Crippen LogP contribution in [0.2, 0.25) is 5.02 Å². The summed E-state index contributed by atoms with van der Waals surface area (Å²) < 4.78 is 54.1. The molecule has 0 atom stereocenters. The third-order valence-corrected chi connectivity index (χ3v) is 4.14. The van der Waals surface area contributed by atoms with Gasteiger partial charge < -0.3 is 10.2 Å². The lowest BCUT2D eigenvalue weighted by atomic mass is 10.1. The molecule has 0 bridgehead atoms. The number of halogens is 5. The van der Waals surface area contributed by atoms with Gasteiger partial charge in [0.05, 0.1) is 19.2 Å². The largest absolute Gasteiger partial charge is 0.433 e. The SMILES string of the molecule is CN(C)CCn1ncc(CC(=O)NCc2ccc(F)cc2Cl)c1C(F)(F)F. The highest BCUT2D eigenvalue weighted by Crippen LogP contribution is 2.32. The summed E-state index contributed by atoms with van der Waals surface area (Å²) in [6.07, 6.45) is -4.04. The topological polar surface area (TPSA) is 50.2 Å². The Morgan fingerprint density at radius 3 is 2.59 bits per heavy atom. The molecule has 0 aliphatic carbocycles. The van der Waals surface area contributed by atoms with E-state index < -0.39 is 30.0 Å². The van der Waals surface area contributed by atoms with Gasteiger partial charge in [-0.25, -0.2) is 4.39 Å². The Morgan fingerprint density at radius 2 is 2.00 bits per heavy atom. The minimum absolute atomic E-state index is 0.0198. The van der Waals surface area contributed by atoms with Crippen molar-refractivity contribution in [1.29, 1.82) is 0 Å². The molecule has 148 valence electrons. The zero-order chi connectivity index (χ0) is 20.2. The minimum Gasteiger partial charge on any atom is -0.352 e. The predicted octanol–water partition coefficient (Wildman–Crippen LogP) is 3.11. The van der Waals surface area contributed by atoms with Gasteiger partial charge in [-0.3, -0.25) is 9.48 Å². The third kappa shape index (κ3) is 5.93. The molecule has 1 heterocycles. The van der Waals surface area contributed by atoms with Crippen LogP contribution in [0.1, 0.15) is 16.8 Å². The molecule has 0 aliphatic rings. The van der Waals surface area contributed by atoms with Gasteiger partial charge in [0.2, 0.25) is 5.91 Å². The number of amides is 1. The number of nitrogens with one attached hydrogen (secondary N) is 1. The molecule has 1 aromatic heterocycles. The van der Waals surface area contributed by atoms with Crippen molar-refractivity contribution in [2.75, 3.05) is 20.6 Å². The van der Waals surface area contributed by atoms with Crippen LogP contribution in [0.4, 0.5) is 17.6 Å². The summed E-state index contributed by atoms with van der Waals surface area (Å²) in [6.45, 7) is 0.405. The van der Waals surface area contributed by atoms with Crippen LogP contribution in [0.3, 0.4) is 0 Å². The van der Waals surface area contributed by atoms with E-state index in [-0.39, 0.29) is 23.7 Å². The molecule has 0 fully saturated rings. The molecule has 1 aromatic carbocycles. The fourth-order valence-electron chi connectivity index (χ4n) is 2.44. The number of benzene rings is 1. The first-order valence-corrected chi connectivity index (χ1v) is 8.43. The van der Waals surface area contributed by atoms with Gasteiger partial charge in [0.15, 0.2) is 0 Å². The van der Waals surface area contributed by atoms with Crippen molar-refractivity contribution < 1.29 is 22.4 Å². The molecule has 0 unspecified atom stereocenters. The van der Waals surface area contributed by atoms with Crippen LogP contribution in [-0.2, 0) is 30.5 Å². The molecule has 1 N–H and O–H groups in total. The molecule has 5 nitrogen and oxygen atoms in total. The summed E-state index contributed by atoms with van der Waals surface area (Å²) in [7, 11) is 3.48. The van der Waals surface area contributed by atoms with Crippen molar-refractivity contribution in [3.05, 3.63) is 52.1 Å². The number of rotatable bonds is 7. The van der Waals surface area contributed by atoms with Gasteiger partial charge in [0.25, 0.3) is 0 Å². The number of carbonyl (C=O) groups is 1. The minimum atomic E-state index is -4.63. The number of nitrogens with zero attached hydrogens (tertiary/aromatic N) is 3. The molecule has 10 heteroatoms. The van der Waals surface area contributed by atoms with Gasteiger partial charge in [-0.15, -0.1) is 0 Å². The lowest BCUT2D eigenvalue weighted by molar-refractivity contribution is -0.145. The molecule has 0 radical (unpaired) electrons. The standard InChI is InChI=1S/C17H19ClF4N4O/c1-25(2)5-6-26-16(17(20,21)22)12(10-24-26)7-15(27)23-9-11-3-4-13(19)8-14(11)18/h3-4,8,10H,5-7,9H2,1-2H3,(H,23,27). The lowest BCUT2D eigenvalue weighted by Crippen LogP contribution is -2.27. The Hall–Kier alpha value is -2.13. The molecule has 2 aromatic rings. The smallest absolute Gasteiger partial charge is 0.352 e. The van der Waals surface area contributed by atoms with E-state index in [9.17, 15) is 22.4 Å². The van der Waals surface area contributed by atoms with Crippen LogP contribution >= 0.6 is 11.6 Å². The van der Waals surface area contributed by atoms with Crippen molar-refractivity contribution in [2.24, 2.45) is 0 Å². The van der Waals surface area contributed by atoms with Crippen LogP contribution < -0.4 is 5.32 Å². The lowest BCUT2D eigenvalue weighted by Gasteiger charge is -2.15. The average molecular weight is 407 g/mol. The molecule has 0 saturated heterocycles. The molecule has 0 spiro atoms. The molecule has 27 heavy (non-hydrogen) atoms. The van der Waals surface area contributed by atoms with Crippen LogP contribution in [-0.4, -0.2) is 41.2 Å². The second-order valence-corrected chi connectivity index (χ2v) is 6.64. The van der Waals surface area contributed by atoms with Crippen molar-refractivity contribution >= 4 is 17.5 Å². The fraction of sp³-hybridized carbons (Fsp3) is 0.412. The first-order chi connectivity index (χ1) is 12.6. The van der Waals surface area contributed by atoms with Gasteiger partial charge in [-0.1, -0.05) is 17.7 Å². The fourth-order valence-corrected chi connectivity index (χ4v) is 2.67. The van der Waals surface area contributed by atoms with Crippen molar-refractivity contribution in [3.63, 3.8) is 0 Å². The first kappa shape index (κ1) is 21.2. The molecular formula is C17H19ClF4N4O. The Balaban J connectivity index is 2.08. The van der Waals surface area contributed by atoms with Crippen molar-refractivity contribution in [2.45, 2.75) is 25.7 Å². The highest BCUT2D eigenvalue weighted by molar-refractivity contribution is 6.31. The summed E-state index contributed by atoms with van der Waals surface area (Å²) in [4.78, 5) is 13.8. The summed E-state index contributed by atoms with van der Waals surface area (Å²) in [5.74, 6) is -1.14. The zero-order valence-electron chi connectivity index (χ0n) is 14.8. The average Bonchev–Trinajstić information content (AvgIpc) is 2.95. The van der Waals surface area contributed by atoms with E-state index in [1.54, 1.807) is 19.0 Å². The normalized spacial score (nSPS) is 11.9. The molecule has 1 amide bonds. The number of aromatic nitrogens is 2. The zero-order valence-corrected chi connectivity index (χ0v) is 15.5.